The first-order chi connectivity index (χ1) is 6.77. The number of nitrogens with zero attached hydrogens (tertiary/aromatic N) is 1. The molecule has 0 aliphatic heterocycles. The number of aromatic amines is 1. The Balaban J connectivity index is 2.54. The van der Waals surface area contributed by atoms with Crippen LogP contribution in [-0.4, -0.2) is 17.8 Å². The molecule has 2 radical (unpaired) electrons. The van der Waals surface area contributed by atoms with E-state index in [0.717, 1.165) is 11.3 Å². The quantitative estimate of drug-likeness (QED) is 0.641. The molecule has 2 aromatic heterocycles. The SMILES string of the molecule is [B]c1cc(-c2ccccn2)c[nH]c1=O. The van der Waals surface area contributed by atoms with E-state index in [4.69, 9.17) is 7.85 Å². The van der Waals surface area contributed by atoms with E-state index < -0.39 is 0 Å². The number of hydrogen-bond acceptors (Lipinski definition) is 2. The van der Waals surface area contributed by atoms with Crippen LogP contribution in [0.3, 0.4) is 0 Å². The third kappa shape index (κ3) is 1.59. The highest BCUT2D eigenvalue weighted by molar-refractivity contribution is 6.32. The van der Waals surface area contributed by atoms with Crippen molar-refractivity contribution in [1.29, 1.82) is 0 Å². The zero-order valence-corrected chi connectivity index (χ0v) is 7.40. The van der Waals surface area contributed by atoms with Crippen LogP contribution >= 0.6 is 0 Å². The number of pyridine rings is 2. The van der Waals surface area contributed by atoms with Crippen LogP contribution in [0.15, 0.2) is 41.5 Å². The van der Waals surface area contributed by atoms with Crippen LogP contribution in [0.2, 0.25) is 0 Å². The van der Waals surface area contributed by atoms with Gasteiger partial charge in [0.2, 0.25) is 5.56 Å². The fourth-order valence-corrected chi connectivity index (χ4v) is 1.18. The summed E-state index contributed by atoms with van der Waals surface area (Å²) in [6.07, 6.45) is 3.29. The third-order valence-electron chi connectivity index (χ3n) is 1.89. The normalized spacial score (nSPS) is 10.0. The molecule has 1 N–H and O–H groups in total. The van der Waals surface area contributed by atoms with Gasteiger partial charge in [-0.1, -0.05) is 12.1 Å². The van der Waals surface area contributed by atoms with Gasteiger partial charge in [0, 0.05) is 18.0 Å². The number of rotatable bonds is 1. The minimum Gasteiger partial charge on any atom is -0.329 e. The highest BCUT2D eigenvalue weighted by Crippen LogP contribution is 2.11. The maximum absolute atomic E-state index is 11.0. The van der Waals surface area contributed by atoms with Gasteiger partial charge in [0.25, 0.3) is 0 Å². The topological polar surface area (TPSA) is 45.8 Å². The molecule has 0 amide bonds. The lowest BCUT2D eigenvalue weighted by molar-refractivity contribution is 1.24. The summed E-state index contributed by atoms with van der Waals surface area (Å²) in [4.78, 5) is 17.7. The van der Waals surface area contributed by atoms with Gasteiger partial charge in [0.15, 0.2) is 0 Å². The molecule has 0 fully saturated rings. The molecule has 0 saturated heterocycles. The Kier molecular flexibility index (Phi) is 2.19. The standard InChI is InChI=1S/C10H7BN2O/c11-8-5-7(6-13-10(8)14)9-3-1-2-4-12-9/h1-6H,(H,13,14). The molecule has 66 valence electrons. The fourth-order valence-electron chi connectivity index (χ4n) is 1.18. The molecular weight excluding hydrogens is 175 g/mol. The highest BCUT2D eigenvalue weighted by atomic mass is 16.1. The van der Waals surface area contributed by atoms with Gasteiger partial charge in [-0.15, -0.1) is 0 Å². The number of nitrogens with one attached hydrogen (secondary N) is 1. The van der Waals surface area contributed by atoms with Crippen LogP contribution in [-0.2, 0) is 0 Å². The smallest absolute Gasteiger partial charge is 0.240 e. The van der Waals surface area contributed by atoms with E-state index in [1.807, 2.05) is 18.2 Å². The summed E-state index contributed by atoms with van der Waals surface area (Å²) >= 11 is 0. The molecule has 2 aromatic rings. The Hall–Kier alpha value is -1.84. The molecule has 0 spiro atoms. The lowest BCUT2D eigenvalue weighted by atomic mass is 9.96. The van der Waals surface area contributed by atoms with Crippen LogP contribution in [0.4, 0.5) is 0 Å². The first-order valence-corrected chi connectivity index (χ1v) is 4.17. The zero-order valence-electron chi connectivity index (χ0n) is 7.40. The molecule has 14 heavy (non-hydrogen) atoms. The monoisotopic (exact) mass is 182 g/mol. The average Bonchev–Trinajstić information content (AvgIpc) is 2.23. The Morgan fingerprint density at radius 3 is 2.86 bits per heavy atom. The van der Waals surface area contributed by atoms with Gasteiger partial charge in [0.05, 0.1) is 5.69 Å². The van der Waals surface area contributed by atoms with Crippen LogP contribution in [0.1, 0.15) is 0 Å². The first-order valence-electron chi connectivity index (χ1n) is 4.17. The lowest BCUT2D eigenvalue weighted by Gasteiger charge is -2.00. The maximum atomic E-state index is 11.0. The van der Waals surface area contributed by atoms with Crippen molar-refractivity contribution in [1.82, 2.24) is 9.97 Å². The van der Waals surface area contributed by atoms with Crippen LogP contribution in [0, 0.1) is 0 Å². The van der Waals surface area contributed by atoms with Gasteiger partial charge in [0.1, 0.15) is 7.85 Å². The minimum atomic E-state index is -0.273. The van der Waals surface area contributed by atoms with E-state index in [1.165, 1.54) is 0 Å². The van der Waals surface area contributed by atoms with Gasteiger partial charge in [-0.2, -0.15) is 0 Å². The summed E-state index contributed by atoms with van der Waals surface area (Å²) in [5.41, 5.74) is 1.52. The van der Waals surface area contributed by atoms with Crippen molar-refractivity contribution in [2.75, 3.05) is 0 Å². The molecular formula is C10H7BN2O. The third-order valence-corrected chi connectivity index (χ3v) is 1.89. The molecule has 2 rings (SSSR count). The van der Waals surface area contributed by atoms with Gasteiger partial charge >= 0.3 is 0 Å². The van der Waals surface area contributed by atoms with Gasteiger partial charge < -0.3 is 4.98 Å². The second-order valence-corrected chi connectivity index (χ2v) is 2.89. The van der Waals surface area contributed by atoms with Gasteiger partial charge in [-0.05, 0) is 17.6 Å². The van der Waals surface area contributed by atoms with E-state index in [0.29, 0.717) is 0 Å². The molecule has 0 aliphatic carbocycles. The maximum Gasteiger partial charge on any atom is 0.240 e. The van der Waals surface area contributed by atoms with Crippen molar-refractivity contribution in [3.63, 3.8) is 0 Å². The van der Waals surface area contributed by atoms with E-state index in [1.54, 1.807) is 18.5 Å². The van der Waals surface area contributed by atoms with Crippen LogP contribution in [0.5, 0.6) is 0 Å². The van der Waals surface area contributed by atoms with E-state index in [9.17, 15) is 4.79 Å². The molecule has 0 aliphatic rings. The summed E-state index contributed by atoms with van der Waals surface area (Å²) in [7, 11) is 5.49. The molecule has 0 aromatic carbocycles. The lowest BCUT2D eigenvalue weighted by Crippen LogP contribution is -2.26. The Bertz CT molecular complexity index is 493. The van der Waals surface area contributed by atoms with Crippen molar-refractivity contribution < 1.29 is 0 Å². The van der Waals surface area contributed by atoms with Gasteiger partial charge in [-0.3, -0.25) is 9.78 Å². The molecule has 3 nitrogen and oxygen atoms in total. The van der Waals surface area contributed by atoms with E-state index in [-0.39, 0.29) is 11.0 Å². The molecule has 0 saturated carbocycles. The first kappa shape index (κ1) is 8.75. The summed E-state index contributed by atoms with van der Waals surface area (Å²) in [5.74, 6) is 0. The fraction of sp³-hybridized carbons (Fsp3) is 0. The summed E-state index contributed by atoms with van der Waals surface area (Å²) in [6.45, 7) is 0. The number of aromatic nitrogens is 2. The Morgan fingerprint density at radius 1 is 1.36 bits per heavy atom. The molecule has 0 atom stereocenters. The molecule has 2 heterocycles. The summed E-state index contributed by atoms with van der Waals surface area (Å²) < 4.78 is 0. The molecule has 4 heteroatoms. The van der Waals surface area contributed by atoms with Crippen LogP contribution < -0.4 is 11.0 Å². The second kappa shape index (κ2) is 3.50. The van der Waals surface area contributed by atoms with Crippen molar-refractivity contribution in [2.24, 2.45) is 0 Å². The summed E-state index contributed by atoms with van der Waals surface area (Å²) in [6, 6.07) is 7.18. The molecule has 0 unspecified atom stereocenters. The van der Waals surface area contributed by atoms with Crippen molar-refractivity contribution in [2.45, 2.75) is 0 Å². The average molecular weight is 182 g/mol. The van der Waals surface area contributed by atoms with Crippen molar-refractivity contribution in [3.05, 3.63) is 47.0 Å². The number of hydrogen-bond donors (Lipinski definition) is 1. The zero-order chi connectivity index (χ0) is 9.97. The highest BCUT2D eigenvalue weighted by Gasteiger charge is 1.99. The van der Waals surface area contributed by atoms with E-state index >= 15 is 0 Å². The number of H-pyrrole nitrogens is 1. The molecule has 0 bridgehead atoms. The van der Waals surface area contributed by atoms with E-state index in [2.05, 4.69) is 9.97 Å². The van der Waals surface area contributed by atoms with Gasteiger partial charge in [-0.25, -0.2) is 0 Å². The van der Waals surface area contributed by atoms with Crippen LogP contribution in [0.25, 0.3) is 11.3 Å². The predicted molar refractivity (Wildman–Crippen MR) is 55.7 cm³/mol. The van der Waals surface area contributed by atoms with Crippen molar-refractivity contribution in [3.8, 4) is 11.3 Å². The summed E-state index contributed by atoms with van der Waals surface area (Å²) in [5, 5.41) is 0. The minimum absolute atomic E-state index is 0.202. The second-order valence-electron chi connectivity index (χ2n) is 2.89. The Morgan fingerprint density at radius 2 is 2.21 bits per heavy atom. The predicted octanol–water partition coefficient (Wildman–Crippen LogP) is 0.231. The largest absolute Gasteiger partial charge is 0.329 e. The Labute approximate surface area is 82.2 Å². The van der Waals surface area contributed by atoms with Crippen molar-refractivity contribution >= 4 is 13.3 Å².